The van der Waals surface area contributed by atoms with E-state index in [4.69, 9.17) is 21.1 Å². The second kappa shape index (κ2) is 12.8. The molecule has 1 spiro atoms. The average Bonchev–Trinajstić information content (AvgIpc) is 3.79. The summed E-state index contributed by atoms with van der Waals surface area (Å²) in [6.45, 7) is 8.75. The Morgan fingerprint density at radius 2 is 1.79 bits per heavy atom. The predicted molar refractivity (Wildman–Crippen MR) is 179 cm³/mol. The fourth-order valence-corrected chi connectivity index (χ4v) is 9.23. The van der Waals surface area contributed by atoms with Gasteiger partial charge in [0.1, 0.15) is 23.8 Å². The molecule has 1 aliphatic carbocycles. The van der Waals surface area contributed by atoms with Gasteiger partial charge < -0.3 is 19.3 Å². The number of fused-ring (bicyclic) bond motifs is 2. The van der Waals surface area contributed by atoms with E-state index in [1.165, 1.54) is 12.1 Å². The molecule has 0 bridgehead atoms. The van der Waals surface area contributed by atoms with Gasteiger partial charge in [-0.3, -0.25) is 9.48 Å². The van der Waals surface area contributed by atoms with Crippen LogP contribution < -0.4 is 0 Å². The lowest BCUT2D eigenvalue weighted by atomic mass is 9.78. The van der Waals surface area contributed by atoms with E-state index in [0.29, 0.717) is 55.4 Å². The third-order valence-corrected chi connectivity index (χ3v) is 12.2. The lowest BCUT2D eigenvalue weighted by Gasteiger charge is -2.42. The number of hydrogen-bond donors (Lipinski definition) is 0. The highest BCUT2D eigenvalue weighted by atomic mass is 35.5. The molecule has 4 aliphatic rings. The number of piperidine rings is 1. The minimum absolute atomic E-state index is 0.0394. The van der Waals surface area contributed by atoms with Crippen molar-refractivity contribution in [3.05, 3.63) is 81.4 Å². The minimum Gasteiger partial charge on any atom is -0.381 e. The standard InChI is InChI=1S/C37H46ClF2N5O3/c1-22-16-29-30(20-31(22)38)37(48-33(29)36(2,3)35-41-21-42-44(35)5)10-12-45(13-11-37)34(46)28-19-25(43(4)24-8-14-47-15-9-24)18-27(28)26-7-6-23(39)17-32(26)40/h6-7,16-17,20-21,24-25,27-28,33H,8-15,18-19H2,1-5H3/t25-,27+,28?,33+/m1/s1. The maximum atomic E-state index is 15.3. The molecule has 3 aromatic rings. The van der Waals surface area contributed by atoms with E-state index in [1.807, 2.05) is 18.9 Å². The maximum Gasteiger partial charge on any atom is 0.226 e. The number of likely N-dealkylation sites (tertiary alicyclic amines) is 1. The van der Waals surface area contributed by atoms with Gasteiger partial charge >= 0.3 is 0 Å². The Bertz CT molecular complexity index is 1680. The van der Waals surface area contributed by atoms with Gasteiger partial charge in [0.25, 0.3) is 0 Å². The highest BCUT2D eigenvalue weighted by molar-refractivity contribution is 6.31. The number of aryl methyl sites for hydroxylation is 2. The number of nitrogens with zero attached hydrogens (tertiary/aromatic N) is 5. The monoisotopic (exact) mass is 681 g/mol. The molecule has 258 valence electrons. The van der Waals surface area contributed by atoms with Crippen LogP contribution in [-0.2, 0) is 32.3 Å². The summed E-state index contributed by atoms with van der Waals surface area (Å²) in [6, 6.07) is 8.45. The van der Waals surface area contributed by atoms with E-state index in [-0.39, 0.29) is 24.0 Å². The van der Waals surface area contributed by atoms with E-state index >= 15 is 4.39 Å². The van der Waals surface area contributed by atoms with Crippen LogP contribution in [-0.4, -0.2) is 75.9 Å². The van der Waals surface area contributed by atoms with E-state index in [9.17, 15) is 9.18 Å². The van der Waals surface area contributed by atoms with Crippen LogP contribution in [0.4, 0.5) is 8.78 Å². The average molecular weight is 682 g/mol. The van der Waals surface area contributed by atoms with Crippen molar-refractivity contribution in [3.8, 4) is 0 Å². The number of aromatic nitrogens is 3. The Kier molecular flexibility index (Phi) is 8.92. The lowest BCUT2D eigenvalue weighted by Crippen LogP contribution is -2.48. The molecule has 1 amide bonds. The summed E-state index contributed by atoms with van der Waals surface area (Å²) in [5.41, 5.74) is 2.51. The molecule has 48 heavy (non-hydrogen) atoms. The smallest absolute Gasteiger partial charge is 0.226 e. The van der Waals surface area contributed by atoms with Crippen molar-refractivity contribution in [2.45, 2.75) is 94.4 Å². The first-order valence-corrected chi connectivity index (χ1v) is 17.6. The first-order chi connectivity index (χ1) is 22.9. The molecule has 8 nitrogen and oxygen atoms in total. The van der Waals surface area contributed by atoms with E-state index < -0.39 is 28.6 Å². The van der Waals surface area contributed by atoms with Crippen LogP contribution in [0.25, 0.3) is 0 Å². The Labute approximate surface area is 286 Å². The Morgan fingerprint density at radius 3 is 2.46 bits per heavy atom. The van der Waals surface area contributed by atoms with Gasteiger partial charge in [-0.15, -0.1) is 0 Å². The van der Waals surface area contributed by atoms with Gasteiger partial charge in [0.2, 0.25) is 5.91 Å². The van der Waals surface area contributed by atoms with Crippen LogP contribution in [0.15, 0.2) is 36.7 Å². The van der Waals surface area contributed by atoms with Crippen molar-refractivity contribution < 1.29 is 23.0 Å². The molecule has 2 saturated heterocycles. The van der Waals surface area contributed by atoms with Gasteiger partial charge in [-0.05, 0) is 107 Å². The normalized spacial score (nSPS) is 26.1. The van der Waals surface area contributed by atoms with Gasteiger partial charge in [0.15, 0.2) is 0 Å². The summed E-state index contributed by atoms with van der Waals surface area (Å²) in [5.74, 6) is -1.05. The van der Waals surface area contributed by atoms with Crippen molar-refractivity contribution in [1.82, 2.24) is 24.6 Å². The second-order valence-electron chi connectivity index (χ2n) is 14.9. The number of hydrogen-bond acceptors (Lipinski definition) is 6. The number of halogens is 3. The van der Waals surface area contributed by atoms with Crippen LogP contribution in [0, 0.1) is 24.5 Å². The van der Waals surface area contributed by atoms with E-state index in [2.05, 4.69) is 48.0 Å². The topological polar surface area (TPSA) is 72.7 Å². The summed E-state index contributed by atoms with van der Waals surface area (Å²) in [6.07, 6.45) is 5.68. The van der Waals surface area contributed by atoms with Crippen molar-refractivity contribution >= 4 is 17.5 Å². The Morgan fingerprint density at radius 1 is 1.06 bits per heavy atom. The molecule has 0 N–H and O–H groups in total. The molecule has 1 saturated carbocycles. The quantitative estimate of drug-likeness (QED) is 0.292. The summed E-state index contributed by atoms with van der Waals surface area (Å²) < 4.78 is 43.8. The second-order valence-corrected chi connectivity index (χ2v) is 15.4. The van der Waals surface area contributed by atoms with Gasteiger partial charge in [-0.1, -0.05) is 23.7 Å². The largest absolute Gasteiger partial charge is 0.381 e. The van der Waals surface area contributed by atoms with Gasteiger partial charge in [0.05, 0.1) is 17.1 Å². The fraction of sp³-hybridized carbons (Fsp3) is 0.595. The first-order valence-electron chi connectivity index (χ1n) is 17.3. The Balaban J connectivity index is 1.14. The van der Waals surface area contributed by atoms with Crippen molar-refractivity contribution in [2.24, 2.45) is 13.0 Å². The van der Waals surface area contributed by atoms with Crippen molar-refractivity contribution in [3.63, 3.8) is 0 Å². The summed E-state index contributed by atoms with van der Waals surface area (Å²) in [5, 5.41) is 5.02. The first kappa shape index (κ1) is 33.6. The lowest BCUT2D eigenvalue weighted by molar-refractivity contribution is -0.151. The fourth-order valence-electron chi connectivity index (χ4n) is 9.06. The van der Waals surface area contributed by atoms with E-state index in [0.717, 1.165) is 54.6 Å². The molecular formula is C37H46ClF2N5O3. The zero-order chi connectivity index (χ0) is 34.0. The Hall–Kier alpha value is -2.92. The third kappa shape index (κ3) is 5.76. The predicted octanol–water partition coefficient (Wildman–Crippen LogP) is 6.60. The van der Waals surface area contributed by atoms with Crippen molar-refractivity contribution in [1.29, 1.82) is 0 Å². The number of ether oxygens (including phenoxy) is 2. The minimum atomic E-state index is -0.609. The highest BCUT2D eigenvalue weighted by Crippen LogP contribution is 2.56. The SMILES string of the molecule is Cc1cc2c(cc1Cl)C1(CCN(C(=O)C3C[C@H](N(C)C4CCOCC4)C[C@H]3c3ccc(F)cc3F)CC1)O[C@@H]2C(C)(C)c1ncnn1C. The van der Waals surface area contributed by atoms with Crippen LogP contribution in [0.5, 0.6) is 0 Å². The van der Waals surface area contributed by atoms with Crippen LogP contribution in [0.3, 0.4) is 0 Å². The number of benzene rings is 2. The number of rotatable bonds is 6. The number of carbonyl (C=O) groups excluding carboxylic acids is 1. The molecule has 11 heteroatoms. The van der Waals surface area contributed by atoms with Crippen LogP contribution >= 0.6 is 11.6 Å². The summed E-state index contributed by atoms with van der Waals surface area (Å²) >= 11 is 6.73. The molecule has 4 atom stereocenters. The summed E-state index contributed by atoms with van der Waals surface area (Å²) in [4.78, 5) is 23.4. The molecule has 3 aliphatic heterocycles. The molecule has 4 heterocycles. The van der Waals surface area contributed by atoms with Crippen LogP contribution in [0.2, 0.25) is 5.02 Å². The van der Waals surface area contributed by atoms with Gasteiger partial charge in [0, 0.05) is 62.4 Å². The highest BCUT2D eigenvalue weighted by Gasteiger charge is 2.54. The molecular weight excluding hydrogens is 636 g/mol. The molecule has 2 aromatic carbocycles. The molecule has 1 unspecified atom stereocenters. The molecule has 7 rings (SSSR count). The third-order valence-electron chi connectivity index (χ3n) is 11.8. The van der Waals surface area contributed by atoms with Crippen molar-refractivity contribution in [2.75, 3.05) is 33.4 Å². The van der Waals surface area contributed by atoms with E-state index in [1.54, 1.807) is 11.0 Å². The maximum absolute atomic E-state index is 15.3. The molecule has 3 fully saturated rings. The number of carbonyl (C=O) groups is 1. The number of amides is 1. The van der Waals surface area contributed by atoms with Gasteiger partial charge in [-0.25, -0.2) is 13.8 Å². The molecule has 1 aromatic heterocycles. The summed E-state index contributed by atoms with van der Waals surface area (Å²) in [7, 11) is 4.02. The molecule has 0 radical (unpaired) electrons. The zero-order valence-corrected chi connectivity index (χ0v) is 29.3. The van der Waals surface area contributed by atoms with Crippen LogP contribution in [0.1, 0.15) is 92.5 Å². The van der Waals surface area contributed by atoms with Gasteiger partial charge in [-0.2, -0.15) is 5.10 Å². The zero-order valence-electron chi connectivity index (χ0n) is 28.5.